The molecule has 0 spiro atoms. The predicted molar refractivity (Wildman–Crippen MR) is 62.5 cm³/mol. The average Bonchev–Trinajstić information content (AvgIpc) is 2.13. The van der Waals surface area contributed by atoms with Crippen LogP contribution in [-0.2, 0) is 9.84 Å². The van der Waals surface area contributed by atoms with Crippen molar-refractivity contribution >= 4 is 15.5 Å². The van der Waals surface area contributed by atoms with Crippen molar-refractivity contribution in [2.45, 2.75) is 24.8 Å². The van der Waals surface area contributed by atoms with Gasteiger partial charge in [0.25, 0.3) is 0 Å². The summed E-state index contributed by atoms with van der Waals surface area (Å²) in [6.07, 6.45) is 0. The van der Waals surface area contributed by atoms with Gasteiger partial charge in [-0.3, -0.25) is 0 Å². The Hall–Kier alpha value is -1.07. The molecule has 0 aliphatic carbocycles. The molecule has 1 aromatic carbocycles. The smallest absolute Gasteiger partial charge is 0.182 e. The summed E-state index contributed by atoms with van der Waals surface area (Å²) >= 11 is 0. The second-order valence-corrected chi connectivity index (χ2v) is 6.23. The predicted octanol–water partition coefficient (Wildman–Crippen LogP) is 0.864. The normalized spacial score (nSPS) is 22.3. The molecule has 0 fully saturated rings. The highest BCUT2D eigenvalue weighted by Crippen LogP contribution is 2.32. The Balaban J connectivity index is 2.64. The average molecular weight is 241 g/mol. The zero-order valence-corrected chi connectivity index (χ0v) is 10.1. The van der Waals surface area contributed by atoms with Gasteiger partial charge in [0.1, 0.15) is 0 Å². The van der Waals surface area contributed by atoms with Crippen LogP contribution in [0.4, 0.5) is 5.69 Å². The Morgan fingerprint density at radius 3 is 2.75 bits per heavy atom. The maximum atomic E-state index is 12.0. The Morgan fingerprint density at radius 1 is 1.44 bits per heavy atom. The number of aryl methyl sites for hydroxylation is 2. The van der Waals surface area contributed by atoms with Crippen molar-refractivity contribution in [3.05, 3.63) is 23.3 Å². The second-order valence-electron chi connectivity index (χ2n) is 4.26. The quantitative estimate of drug-likeness (QED) is 0.765. The van der Waals surface area contributed by atoms with Crippen LogP contribution >= 0.6 is 0 Å². The third-order valence-corrected chi connectivity index (χ3v) is 4.74. The number of hydrogen-bond acceptors (Lipinski definition) is 4. The van der Waals surface area contributed by atoms with E-state index in [-0.39, 0.29) is 12.4 Å². The fraction of sp³-hybridized carbons (Fsp3) is 0.455. The van der Waals surface area contributed by atoms with Crippen LogP contribution in [0.1, 0.15) is 11.1 Å². The van der Waals surface area contributed by atoms with Gasteiger partial charge in [0.2, 0.25) is 0 Å². The van der Waals surface area contributed by atoms with Gasteiger partial charge >= 0.3 is 0 Å². The molecule has 88 valence electrons. The number of fused-ring (bicyclic) bond motifs is 1. The van der Waals surface area contributed by atoms with E-state index in [0.29, 0.717) is 10.6 Å². The van der Waals surface area contributed by atoms with E-state index in [0.717, 1.165) is 11.1 Å². The van der Waals surface area contributed by atoms with E-state index < -0.39 is 15.9 Å². The summed E-state index contributed by atoms with van der Waals surface area (Å²) in [4.78, 5) is 0.378. The Labute approximate surface area is 95.2 Å². The second kappa shape index (κ2) is 3.75. The number of nitrogens with one attached hydrogen (secondary N) is 1. The maximum Gasteiger partial charge on any atom is 0.182 e. The summed E-state index contributed by atoms with van der Waals surface area (Å²) in [5.74, 6) is -0.0413. The summed E-state index contributed by atoms with van der Waals surface area (Å²) in [6.45, 7) is 3.54. The van der Waals surface area contributed by atoms with E-state index in [9.17, 15) is 8.42 Å². The molecule has 5 heteroatoms. The molecule has 1 aliphatic heterocycles. The van der Waals surface area contributed by atoms with Gasteiger partial charge in [0.15, 0.2) is 9.84 Å². The van der Waals surface area contributed by atoms with Gasteiger partial charge in [-0.2, -0.15) is 0 Å². The van der Waals surface area contributed by atoms with E-state index in [1.54, 1.807) is 6.92 Å². The van der Waals surface area contributed by atoms with Crippen molar-refractivity contribution in [2.75, 3.05) is 17.7 Å². The zero-order valence-electron chi connectivity index (χ0n) is 9.32. The van der Waals surface area contributed by atoms with Crippen LogP contribution in [0.15, 0.2) is 17.0 Å². The lowest BCUT2D eigenvalue weighted by molar-refractivity contribution is 0.281. The van der Waals surface area contributed by atoms with E-state index in [2.05, 4.69) is 5.32 Å². The monoisotopic (exact) mass is 241 g/mol. The van der Waals surface area contributed by atoms with Crippen molar-refractivity contribution in [1.82, 2.24) is 0 Å². The van der Waals surface area contributed by atoms with Crippen molar-refractivity contribution in [3.63, 3.8) is 0 Å². The van der Waals surface area contributed by atoms with Crippen LogP contribution in [0.3, 0.4) is 0 Å². The lowest BCUT2D eigenvalue weighted by atomic mass is 10.1. The standard InChI is InChI=1S/C11H15NO3S/c1-7-3-8(2)11-10(4-7)12-9(5-13)6-16(11,14)15/h3-4,9,12-13H,5-6H2,1-2H3. The minimum atomic E-state index is -3.27. The molecule has 1 heterocycles. The molecule has 1 unspecified atom stereocenters. The summed E-state index contributed by atoms with van der Waals surface area (Å²) < 4.78 is 24.0. The molecule has 1 atom stereocenters. The molecule has 0 saturated heterocycles. The molecule has 0 aromatic heterocycles. The van der Waals surface area contributed by atoms with Crippen LogP contribution in [0.5, 0.6) is 0 Å². The number of sulfone groups is 1. The lowest BCUT2D eigenvalue weighted by Crippen LogP contribution is -2.37. The van der Waals surface area contributed by atoms with Gasteiger partial charge in [-0.05, 0) is 31.0 Å². The van der Waals surface area contributed by atoms with Gasteiger partial charge in [-0.15, -0.1) is 0 Å². The molecule has 2 N–H and O–H groups in total. The summed E-state index contributed by atoms with van der Waals surface area (Å²) in [7, 11) is -3.27. The molecule has 0 bridgehead atoms. The van der Waals surface area contributed by atoms with E-state index >= 15 is 0 Å². The van der Waals surface area contributed by atoms with Gasteiger partial charge in [0.05, 0.1) is 29.0 Å². The maximum absolute atomic E-state index is 12.0. The Kier molecular flexibility index (Phi) is 2.67. The minimum absolute atomic E-state index is 0.0413. The summed E-state index contributed by atoms with van der Waals surface area (Å²) in [5.41, 5.74) is 2.39. The SMILES string of the molecule is Cc1cc(C)c2c(c1)NC(CO)CS2(=O)=O. The number of rotatable bonds is 1. The number of aliphatic hydroxyl groups excluding tert-OH is 1. The third kappa shape index (κ3) is 1.81. The van der Waals surface area contributed by atoms with E-state index in [1.165, 1.54) is 0 Å². The number of anilines is 1. The Bertz CT molecular complexity index is 522. The van der Waals surface area contributed by atoms with Crippen LogP contribution < -0.4 is 5.32 Å². The molecule has 0 amide bonds. The van der Waals surface area contributed by atoms with Crippen LogP contribution in [0.25, 0.3) is 0 Å². The molecule has 0 radical (unpaired) electrons. The fourth-order valence-corrected chi connectivity index (χ4v) is 4.07. The summed E-state index contributed by atoms with van der Waals surface area (Å²) in [6, 6.07) is 3.26. The van der Waals surface area contributed by atoms with Crippen molar-refractivity contribution in [3.8, 4) is 0 Å². The largest absolute Gasteiger partial charge is 0.394 e. The molecule has 1 aromatic rings. The minimum Gasteiger partial charge on any atom is -0.394 e. The molecule has 4 nitrogen and oxygen atoms in total. The fourth-order valence-electron chi connectivity index (χ4n) is 2.18. The number of benzene rings is 1. The molecule has 1 aliphatic rings. The van der Waals surface area contributed by atoms with E-state index in [1.807, 2.05) is 19.1 Å². The molecular formula is C11H15NO3S. The molecule has 16 heavy (non-hydrogen) atoms. The first kappa shape index (κ1) is 11.4. The van der Waals surface area contributed by atoms with Crippen molar-refractivity contribution < 1.29 is 13.5 Å². The Morgan fingerprint density at radius 2 is 2.12 bits per heavy atom. The summed E-state index contributed by atoms with van der Waals surface area (Å²) in [5, 5.41) is 12.1. The first-order valence-electron chi connectivity index (χ1n) is 5.15. The highest BCUT2D eigenvalue weighted by Gasteiger charge is 2.31. The van der Waals surface area contributed by atoms with Crippen molar-refractivity contribution in [1.29, 1.82) is 0 Å². The lowest BCUT2D eigenvalue weighted by Gasteiger charge is -2.27. The van der Waals surface area contributed by atoms with E-state index in [4.69, 9.17) is 5.11 Å². The highest BCUT2D eigenvalue weighted by molar-refractivity contribution is 7.91. The topological polar surface area (TPSA) is 66.4 Å². The van der Waals surface area contributed by atoms with Gasteiger partial charge in [-0.1, -0.05) is 6.07 Å². The van der Waals surface area contributed by atoms with Crippen molar-refractivity contribution in [2.24, 2.45) is 0 Å². The molecule has 2 rings (SSSR count). The van der Waals surface area contributed by atoms with Gasteiger partial charge in [0, 0.05) is 0 Å². The number of aliphatic hydroxyl groups is 1. The highest BCUT2D eigenvalue weighted by atomic mass is 32.2. The van der Waals surface area contributed by atoms with Crippen LogP contribution in [-0.4, -0.2) is 31.9 Å². The third-order valence-electron chi connectivity index (χ3n) is 2.73. The first-order chi connectivity index (χ1) is 7.44. The van der Waals surface area contributed by atoms with Gasteiger partial charge < -0.3 is 10.4 Å². The molecular weight excluding hydrogens is 226 g/mol. The zero-order chi connectivity index (χ0) is 11.9. The first-order valence-corrected chi connectivity index (χ1v) is 6.80. The molecule has 0 saturated carbocycles. The van der Waals surface area contributed by atoms with Crippen LogP contribution in [0, 0.1) is 13.8 Å². The number of hydrogen-bond donors (Lipinski definition) is 2. The van der Waals surface area contributed by atoms with Crippen LogP contribution in [0.2, 0.25) is 0 Å². The van der Waals surface area contributed by atoms with Gasteiger partial charge in [-0.25, -0.2) is 8.42 Å².